The van der Waals surface area contributed by atoms with Gasteiger partial charge >= 0.3 is 0 Å². The summed E-state index contributed by atoms with van der Waals surface area (Å²) >= 11 is 0. The molecule has 1 saturated carbocycles. The van der Waals surface area contributed by atoms with E-state index in [2.05, 4.69) is 29.4 Å². The molecule has 0 unspecified atom stereocenters. The van der Waals surface area contributed by atoms with Crippen molar-refractivity contribution in [2.75, 3.05) is 19.4 Å². The van der Waals surface area contributed by atoms with Gasteiger partial charge in [-0.05, 0) is 43.2 Å². The molecule has 2 rings (SSSR count). The van der Waals surface area contributed by atoms with Gasteiger partial charge in [0, 0.05) is 20.1 Å². The number of hydrogen-bond acceptors (Lipinski definition) is 4. The van der Waals surface area contributed by atoms with Gasteiger partial charge in [0.05, 0.1) is 0 Å². The Hall–Kier alpha value is -1.65. The Balaban J connectivity index is 1.93. The summed E-state index contributed by atoms with van der Waals surface area (Å²) in [5, 5.41) is 11.5. The van der Waals surface area contributed by atoms with Crippen molar-refractivity contribution in [1.29, 1.82) is 0 Å². The minimum Gasteiger partial charge on any atom is -0.366 e. The molecular formula is C15H24N4O. The van der Waals surface area contributed by atoms with Crippen LogP contribution in [0.3, 0.4) is 0 Å². The topological polar surface area (TPSA) is 58.1 Å². The molecule has 0 atom stereocenters. The average molecular weight is 276 g/mol. The van der Waals surface area contributed by atoms with Gasteiger partial charge in [-0.25, -0.2) is 0 Å². The molecule has 1 aliphatic rings. The van der Waals surface area contributed by atoms with Gasteiger partial charge in [0.15, 0.2) is 5.69 Å². The minimum absolute atomic E-state index is 0.122. The molecule has 1 N–H and O–H groups in total. The normalized spacial score (nSPS) is 18.6. The summed E-state index contributed by atoms with van der Waals surface area (Å²) in [4.78, 5) is 13.2. The number of carbonyl (C=O) groups is 1. The van der Waals surface area contributed by atoms with Crippen LogP contribution in [-0.4, -0.2) is 41.1 Å². The van der Waals surface area contributed by atoms with E-state index in [-0.39, 0.29) is 5.91 Å². The Kier molecular flexibility index (Phi) is 4.26. The van der Waals surface area contributed by atoms with E-state index in [0.717, 1.165) is 18.7 Å². The number of carbonyl (C=O) groups excluding carboxylic acids is 1. The summed E-state index contributed by atoms with van der Waals surface area (Å²) < 4.78 is 0. The van der Waals surface area contributed by atoms with E-state index in [4.69, 9.17) is 0 Å². The third kappa shape index (κ3) is 3.68. The van der Waals surface area contributed by atoms with E-state index in [0.29, 0.717) is 17.2 Å². The van der Waals surface area contributed by atoms with Crippen LogP contribution in [0.5, 0.6) is 0 Å². The van der Waals surface area contributed by atoms with Gasteiger partial charge in [-0.2, -0.15) is 0 Å². The van der Waals surface area contributed by atoms with Crippen LogP contribution in [-0.2, 0) is 0 Å². The van der Waals surface area contributed by atoms with Gasteiger partial charge < -0.3 is 10.2 Å². The average Bonchev–Trinajstić information content (AvgIpc) is 2.41. The van der Waals surface area contributed by atoms with E-state index in [1.807, 2.05) is 6.07 Å². The lowest BCUT2D eigenvalue weighted by Gasteiger charge is -2.34. The van der Waals surface area contributed by atoms with Gasteiger partial charge in [-0.3, -0.25) is 4.79 Å². The Morgan fingerprint density at radius 2 is 1.90 bits per heavy atom. The van der Waals surface area contributed by atoms with Crippen molar-refractivity contribution in [3.63, 3.8) is 0 Å². The molecule has 0 aliphatic heterocycles. The second kappa shape index (κ2) is 5.77. The summed E-state index contributed by atoms with van der Waals surface area (Å²) in [5.74, 6) is 0.633. The zero-order chi connectivity index (χ0) is 14.8. The fourth-order valence-corrected chi connectivity index (χ4v) is 2.51. The smallest absolute Gasteiger partial charge is 0.273 e. The third-order valence-corrected chi connectivity index (χ3v) is 3.98. The number of rotatable bonds is 3. The maximum Gasteiger partial charge on any atom is 0.273 e. The standard InChI is InChI=1S/C15H24N4O/c1-15(2)9-7-11(8-10-15)16-13-6-5-12(17-18-13)14(20)19(3)4/h5-6,11H,7-10H2,1-4H3,(H,16,18). The number of hydrogen-bond donors (Lipinski definition) is 1. The van der Waals surface area contributed by atoms with E-state index < -0.39 is 0 Å². The molecule has 0 radical (unpaired) electrons. The Morgan fingerprint density at radius 1 is 1.25 bits per heavy atom. The van der Waals surface area contributed by atoms with Crippen molar-refractivity contribution in [3.05, 3.63) is 17.8 Å². The van der Waals surface area contributed by atoms with Crippen molar-refractivity contribution in [1.82, 2.24) is 15.1 Å². The molecule has 1 fully saturated rings. The number of nitrogens with zero attached hydrogens (tertiary/aromatic N) is 3. The maximum absolute atomic E-state index is 11.7. The van der Waals surface area contributed by atoms with Crippen LogP contribution in [0.4, 0.5) is 5.82 Å². The molecule has 0 aromatic carbocycles. The van der Waals surface area contributed by atoms with E-state index in [1.54, 1.807) is 20.2 Å². The first kappa shape index (κ1) is 14.8. The fourth-order valence-electron chi connectivity index (χ4n) is 2.51. The van der Waals surface area contributed by atoms with Gasteiger partial charge in [-0.15, -0.1) is 10.2 Å². The summed E-state index contributed by atoms with van der Waals surface area (Å²) in [6.07, 6.45) is 4.78. The summed E-state index contributed by atoms with van der Waals surface area (Å²) in [5.41, 5.74) is 0.844. The van der Waals surface area contributed by atoms with Crippen LogP contribution < -0.4 is 5.32 Å². The first-order chi connectivity index (χ1) is 9.37. The summed E-state index contributed by atoms with van der Waals surface area (Å²) in [7, 11) is 3.42. The highest BCUT2D eigenvalue weighted by Gasteiger charge is 2.26. The van der Waals surface area contributed by atoms with Crippen LogP contribution in [0.2, 0.25) is 0 Å². The molecule has 1 aliphatic carbocycles. The van der Waals surface area contributed by atoms with Gasteiger partial charge in [0.1, 0.15) is 5.82 Å². The van der Waals surface area contributed by atoms with Crippen molar-refractivity contribution in [2.24, 2.45) is 5.41 Å². The predicted molar refractivity (Wildman–Crippen MR) is 79.7 cm³/mol. The summed E-state index contributed by atoms with van der Waals surface area (Å²) in [6.45, 7) is 4.65. The second-order valence-corrected chi connectivity index (χ2v) is 6.59. The van der Waals surface area contributed by atoms with Crippen LogP contribution >= 0.6 is 0 Å². The van der Waals surface area contributed by atoms with Crippen molar-refractivity contribution >= 4 is 11.7 Å². The molecule has 20 heavy (non-hydrogen) atoms. The highest BCUT2D eigenvalue weighted by Crippen LogP contribution is 2.35. The minimum atomic E-state index is -0.122. The highest BCUT2D eigenvalue weighted by atomic mass is 16.2. The molecule has 5 heteroatoms. The quantitative estimate of drug-likeness (QED) is 0.921. The Bertz CT molecular complexity index is 457. The number of aromatic nitrogens is 2. The van der Waals surface area contributed by atoms with Gasteiger partial charge in [-0.1, -0.05) is 13.8 Å². The predicted octanol–water partition coefficient (Wildman–Crippen LogP) is 2.56. The molecule has 0 bridgehead atoms. The molecule has 110 valence electrons. The van der Waals surface area contributed by atoms with Crippen LogP contribution in [0.25, 0.3) is 0 Å². The molecule has 0 spiro atoms. The van der Waals surface area contributed by atoms with Crippen molar-refractivity contribution in [3.8, 4) is 0 Å². The zero-order valence-corrected chi connectivity index (χ0v) is 12.8. The van der Waals surface area contributed by atoms with Crippen molar-refractivity contribution < 1.29 is 4.79 Å². The number of amides is 1. The molecule has 0 saturated heterocycles. The number of nitrogens with one attached hydrogen (secondary N) is 1. The molecule has 1 heterocycles. The van der Waals surface area contributed by atoms with Crippen LogP contribution in [0.15, 0.2) is 12.1 Å². The fraction of sp³-hybridized carbons (Fsp3) is 0.667. The Labute approximate surface area is 120 Å². The molecule has 5 nitrogen and oxygen atoms in total. The third-order valence-electron chi connectivity index (χ3n) is 3.98. The van der Waals surface area contributed by atoms with Crippen LogP contribution in [0.1, 0.15) is 50.0 Å². The van der Waals surface area contributed by atoms with Gasteiger partial charge in [0.2, 0.25) is 0 Å². The second-order valence-electron chi connectivity index (χ2n) is 6.59. The lowest BCUT2D eigenvalue weighted by Crippen LogP contribution is -2.30. The molecule has 1 amide bonds. The number of anilines is 1. The highest BCUT2D eigenvalue weighted by molar-refractivity contribution is 5.91. The van der Waals surface area contributed by atoms with Crippen molar-refractivity contribution in [2.45, 2.75) is 45.6 Å². The zero-order valence-electron chi connectivity index (χ0n) is 12.8. The largest absolute Gasteiger partial charge is 0.366 e. The first-order valence-electron chi connectivity index (χ1n) is 7.19. The molecule has 1 aromatic heterocycles. The molecular weight excluding hydrogens is 252 g/mol. The van der Waals surface area contributed by atoms with E-state index in [1.165, 1.54) is 17.7 Å². The van der Waals surface area contributed by atoms with Crippen LogP contribution in [0, 0.1) is 5.41 Å². The van der Waals surface area contributed by atoms with E-state index in [9.17, 15) is 4.79 Å². The van der Waals surface area contributed by atoms with Gasteiger partial charge in [0.25, 0.3) is 5.91 Å². The first-order valence-corrected chi connectivity index (χ1v) is 7.19. The molecule has 1 aromatic rings. The lowest BCUT2D eigenvalue weighted by atomic mass is 9.75. The monoisotopic (exact) mass is 276 g/mol. The van der Waals surface area contributed by atoms with E-state index >= 15 is 0 Å². The maximum atomic E-state index is 11.7. The lowest BCUT2D eigenvalue weighted by molar-refractivity contribution is 0.0821. The summed E-state index contributed by atoms with van der Waals surface area (Å²) in [6, 6.07) is 4.03. The SMILES string of the molecule is CN(C)C(=O)c1ccc(NC2CCC(C)(C)CC2)nn1. The Morgan fingerprint density at radius 3 is 2.40 bits per heavy atom.